The molecule has 0 spiro atoms. The van der Waals surface area contributed by atoms with Crippen LogP contribution in [0.3, 0.4) is 0 Å². The maximum atomic E-state index is 13.0. The number of ketones is 1. The Hall–Kier alpha value is -2.67. The highest BCUT2D eigenvalue weighted by Crippen LogP contribution is 2.29. The summed E-state index contributed by atoms with van der Waals surface area (Å²) in [6.07, 6.45) is -7.17. The highest BCUT2D eigenvalue weighted by atomic mass is 35.5. The van der Waals surface area contributed by atoms with E-state index in [2.05, 4.69) is 5.10 Å². The molecule has 0 amide bonds. The fraction of sp³-hybridized carbons (Fsp3) is 0.348. The molecule has 1 N–H and O–H groups in total. The van der Waals surface area contributed by atoms with E-state index in [0.717, 1.165) is 6.26 Å². The molecule has 0 saturated carbocycles. The van der Waals surface area contributed by atoms with Gasteiger partial charge in [0, 0.05) is 34.2 Å². The van der Waals surface area contributed by atoms with Crippen LogP contribution in [0.5, 0.6) is 0 Å². The molecule has 1 aromatic heterocycles. The molecule has 0 bridgehead atoms. The molecule has 2 aromatic carbocycles. The summed E-state index contributed by atoms with van der Waals surface area (Å²) in [6, 6.07) is 12.1. The summed E-state index contributed by atoms with van der Waals surface area (Å²) in [4.78, 5) is 25.9. The second-order valence-corrected chi connectivity index (χ2v) is 11.5. The molecule has 0 saturated heterocycles. The fourth-order valence-electron chi connectivity index (χ4n) is 3.73. The van der Waals surface area contributed by atoms with Crippen LogP contribution in [0.25, 0.3) is 11.4 Å². The summed E-state index contributed by atoms with van der Waals surface area (Å²) >= 11 is 12.1. The van der Waals surface area contributed by atoms with Gasteiger partial charge in [0.05, 0.1) is 12.3 Å². The third-order valence-electron chi connectivity index (χ3n) is 5.41. The minimum Gasteiger partial charge on any atom is -0.382 e. The molecule has 1 heterocycles. The molecule has 0 aliphatic heterocycles. The second-order valence-electron chi connectivity index (χ2n) is 8.49. The van der Waals surface area contributed by atoms with Gasteiger partial charge in [-0.2, -0.15) is 13.2 Å². The Morgan fingerprint density at radius 1 is 1.11 bits per heavy atom. The van der Waals surface area contributed by atoms with E-state index in [4.69, 9.17) is 23.2 Å². The molecule has 3 aromatic rings. The van der Waals surface area contributed by atoms with Crippen LogP contribution in [-0.4, -0.2) is 57.9 Å². The van der Waals surface area contributed by atoms with E-state index in [-0.39, 0.29) is 28.6 Å². The Morgan fingerprint density at radius 3 is 2.30 bits per heavy atom. The summed E-state index contributed by atoms with van der Waals surface area (Å²) in [5.41, 5.74) is -0.400. The van der Waals surface area contributed by atoms with E-state index < -0.39 is 52.6 Å². The number of carbonyl (C=O) groups excluding carboxylic acids is 1. The first kappa shape index (κ1) is 28.9. The number of carbonyl (C=O) groups is 1. The molecule has 3 rings (SSSR count). The average Bonchev–Trinajstić information content (AvgIpc) is 3.07. The number of halogens is 5. The highest BCUT2D eigenvalue weighted by Gasteiger charge is 2.39. The summed E-state index contributed by atoms with van der Waals surface area (Å²) in [6.45, 7) is -1.79. The van der Waals surface area contributed by atoms with Gasteiger partial charge >= 0.3 is 11.9 Å². The van der Waals surface area contributed by atoms with Crippen molar-refractivity contribution in [2.75, 3.05) is 12.0 Å². The Balaban J connectivity index is 1.95. The van der Waals surface area contributed by atoms with Crippen molar-refractivity contribution in [1.29, 1.82) is 0 Å². The van der Waals surface area contributed by atoms with Crippen molar-refractivity contribution in [2.45, 2.75) is 37.7 Å². The van der Waals surface area contributed by atoms with Gasteiger partial charge in [-0.05, 0) is 35.9 Å². The largest absolute Gasteiger partial charge is 0.416 e. The van der Waals surface area contributed by atoms with E-state index in [0.29, 0.717) is 19.8 Å². The van der Waals surface area contributed by atoms with Gasteiger partial charge in [0.25, 0.3) is 0 Å². The Labute approximate surface area is 220 Å². The van der Waals surface area contributed by atoms with Crippen LogP contribution >= 0.6 is 23.2 Å². The lowest BCUT2D eigenvalue weighted by atomic mass is 9.95. The Bertz CT molecular complexity index is 1440. The highest BCUT2D eigenvalue weighted by molar-refractivity contribution is 7.90. The van der Waals surface area contributed by atoms with Crippen molar-refractivity contribution in [1.82, 2.24) is 14.3 Å². The van der Waals surface area contributed by atoms with Crippen LogP contribution < -0.4 is 5.69 Å². The molecule has 0 fully saturated rings. The molecule has 37 heavy (non-hydrogen) atoms. The second kappa shape index (κ2) is 11.4. The number of hydrogen-bond donors (Lipinski definition) is 1. The minimum absolute atomic E-state index is 0.212. The summed E-state index contributed by atoms with van der Waals surface area (Å²) in [5, 5.41) is 14.2. The topological polar surface area (TPSA) is 111 Å². The molecular formula is C23H22Cl2F3N3O5S. The molecule has 200 valence electrons. The lowest BCUT2D eigenvalue weighted by Gasteiger charge is -2.17. The van der Waals surface area contributed by atoms with Crippen molar-refractivity contribution in [3.8, 4) is 11.4 Å². The van der Waals surface area contributed by atoms with E-state index in [9.17, 15) is 36.3 Å². The van der Waals surface area contributed by atoms with E-state index in [1.54, 1.807) is 24.3 Å². The van der Waals surface area contributed by atoms with Crippen molar-refractivity contribution < 1.29 is 31.5 Å². The third-order valence-corrected chi connectivity index (χ3v) is 7.01. The van der Waals surface area contributed by atoms with Crippen molar-refractivity contribution in [3.05, 3.63) is 74.6 Å². The van der Waals surface area contributed by atoms with E-state index >= 15 is 0 Å². The zero-order valence-electron chi connectivity index (χ0n) is 19.3. The van der Waals surface area contributed by atoms with Gasteiger partial charge < -0.3 is 5.11 Å². The first-order chi connectivity index (χ1) is 17.2. The lowest BCUT2D eigenvalue weighted by Crippen LogP contribution is -2.37. The molecule has 0 aliphatic carbocycles. The fourth-order valence-corrected chi connectivity index (χ4v) is 5.18. The molecule has 1 unspecified atom stereocenters. The number of alkyl halides is 3. The maximum absolute atomic E-state index is 13.0. The number of sulfone groups is 1. The molecular weight excluding hydrogens is 558 g/mol. The van der Waals surface area contributed by atoms with Gasteiger partial charge in [-0.15, -0.1) is 5.10 Å². The summed E-state index contributed by atoms with van der Waals surface area (Å²) in [5.74, 6) is -2.02. The van der Waals surface area contributed by atoms with Gasteiger partial charge in [0.1, 0.15) is 16.4 Å². The van der Waals surface area contributed by atoms with Gasteiger partial charge in [-0.1, -0.05) is 41.4 Å². The smallest absolute Gasteiger partial charge is 0.382 e. The van der Waals surface area contributed by atoms with Crippen molar-refractivity contribution in [3.63, 3.8) is 0 Å². The van der Waals surface area contributed by atoms with Gasteiger partial charge in [-0.25, -0.2) is 17.9 Å². The van der Waals surface area contributed by atoms with Crippen molar-refractivity contribution >= 4 is 38.8 Å². The van der Waals surface area contributed by atoms with Crippen LogP contribution in [0, 0.1) is 0 Å². The molecule has 2 atom stereocenters. The minimum atomic E-state index is -5.00. The van der Waals surface area contributed by atoms with Crippen LogP contribution in [-0.2, 0) is 27.7 Å². The summed E-state index contributed by atoms with van der Waals surface area (Å²) in [7, 11) is -3.53. The predicted molar refractivity (Wildman–Crippen MR) is 133 cm³/mol. The summed E-state index contributed by atoms with van der Waals surface area (Å²) < 4.78 is 64.3. The van der Waals surface area contributed by atoms with E-state index in [1.807, 2.05) is 0 Å². The van der Waals surface area contributed by atoms with E-state index in [1.165, 1.54) is 24.3 Å². The van der Waals surface area contributed by atoms with Crippen LogP contribution in [0.2, 0.25) is 10.0 Å². The lowest BCUT2D eigenvalue weighted by molar-refractivity contribution is -0.207. The number of aliphatic hydroxyl groups is 1. The number of hydrogen-bond acceptors (Lipinski definition) is 6. The number of rotatable bonds is 10. The van der Waals surface area contributed by atoms with Crippen LogP contribution in [0.1, 0.15) is 17.9 Å². The number of Topliss-reactive ketones (excluding diaryl/α,β-unsaturated/α-hetero) is 1. The Morgan fingerprint density at radius 2 is 1.73 bits per heavy atom. The molecule has 0 aliphatic rings. The number of benzene rings is 2. The number of aliphatic hydroxyl groups excluding tert-OH is 1. The maximum Gasteiger partial charge on any atom is 0.416 e. The average molecular weight is 580 g/mol. The van der Waals surface area contributed by atoms with Gasteiger partial charge in [-0.3, -0.25) is 9.36 Å². The predicted octanol–water partition coefficient (Wildman–Crippen LogP) is 3.73. The third kappa shape index (κ3) is 7.67. The first-order valence-corrected chi connectivity index (χ1v) is 13.6. The SMILES string of the molecule is CS(=O)(=O)CC(CC(=O)Cn1nc(-c2ccc(Cl)cc2)n(C[C@H](O)C(F)(F)F)c1=O)c1ccccc1Cl. The molecule has 8 nitrogen and oxygen atoms in total. The van der Waals surface area contributed by atoms with Gasteiger partial charge in [0.2, 0.25) is 0 Å². The van der Waals surface area contributed by atoms with Gasteiger partial charge in [0.15, 0.2) is 17.7 Å². The quantitative estimate of drug-likeness (QED) is 0.392. The standard InChI is InChI=1S/C23H22Cl2F3N3O5S/c1-37(35,36)13-15(18-4-2-3-5-19(18)25)10-17(32)11-31-22(34)30(12-20(33)23(26,27)28)21(29-31)14-6-8-16(24)9-7-14/h2-9,15,20,33H,10-13H2,1H3/t15?,20-/m0/s1. The van der Waals surface area contributed by atoms with Crippen molar-refractivity contribution in [2.24, 2.45) is 0 Å². The number of nitrogens with zero attached hydrogens (tertiary/aromatic N) is 3. The van der Waals surface area contributed by atoms with Crippen LogP contribution in [0.15, 0.2) is 53.3 Å². The normalized spacial score (nSPS) is 13.9. The number of aromatic nitrogens is 3. The monoisotopic (exact) mass is 579 g/mol. The zero-order valence-corrected chi connectivity index (χ0v) is 21.7. The molecule has 14 heteroatoms. The Kier molecular flexibility index (Phi) is 8.89. The van der Waals surface area contributed by atoms with Crippen LogP contribution in [0.4, 0.5) is 13.2 Å². The zero-order chi connectivity index (χ0) is 27.5. The first-order valence-electron chi connectivity index (χ1n) is 10.8. The molecule has 0 radical (unpaired) electrons.